The molecule has 0 N–H and O–H groups in total. The molecule has 0 atom stereocenters. The maximum atomic E-state index is 7.68. The second kappa shape index (κ2) is 19.4. The summed E-state index contributed by atoms with van der Waals surface area (Å²) < 4.78 is 57.0. The van der Waals surface area contributed by atoms with E-state index in [9.17, 15) is 0 Å². The first kappa shape index (κ1) is 53.7. The van der Waals surface area contributed by atoms with Crippen molar-refractivity contribution in [2.45, 2.75) is 20.8 Å². The molecule has 99 heavy (non-hydrogen) atoms. The fourth-order valence-electron chi connectivity index (χ4n) is 17.8. The minimum atomic E-state index is -0.368. The zero-order valence-electron chi connectivity index (χ0n) is 53.6. The maximum absolute atomic E-state index is 7.68. The van der Waals surface area contributed by atoms with E-state index < -0.39 is 0 Å². The molecule has 6 aliphatic heterocycles. The van der Waals surface area contributed by atoms with Crippen molar-refractivity contribution < 1.29 is 36.9 Å². The number of ether oxygens (including phenoxy) is 5. The topological polar surface area (TPSA) is 88.8 Å². The fraction of sp³-hybridized carbons (Fsp3) is 0.0345. The first-order valence-corrected chi connectivity index (χ1v) is 33.8. The van der Waals surface area contributed by atoms with E-state index in [4.69, 9.17) is 36.9 Å². The Hall–Kier alpha value is -12.5. The van der Waals surface area contributed by atoms with E-state index in [0.29, 0.717) is 17.2 Å². The van der Waals surface area contributed by atoms with Crippen molar-refractivity contribution in [2.75, 3.05) is 4.90 Å². The van der Waals surface area contributed by atoms with Gasteiger partial charge < -0.3 is 41.8 Å². The Morgan fingerprint density at radius 2 is 0.626 bits per heavy atom. The van der Waals surface area contributed by atoms with Gasteiger partial charge in [-0.3, -0.25) is 0 Å². The highest BCUT2D eigenvalue weighted by Gasteiger charge is 2.49. The van der Waals surface area contributed by atoms with Gasteiger partial charge in [-0.05, 0) is 154 Å². The van der Waals surface area contributed by atoms with Crippen molar-refractivity contribution in [3.8, 4) is 90.9 Å². The fourth-order valence-corrected chi connectivity index (χ4v) is 17.8. The molecule has 0 saturated carbocycles. The number of fused-ring (bicyclic) bond motifs is 21. The average Bonchev–Trinajstić information content (AvgIpc) is 1.03. The zero-order valence-corrected chi connectivity index (χ0v) is 53.6. The molecule has 0 radical (unpaired) electrons. The van der Waals surface area contributed by atoms with Gasteiger partial charge in [0.25, 0.3) is 20.1 Å². The Morgan fingerprint density at radius 1 is 0.263 bits per heavy atom. The van der Waals surface area contributed by atoms with Crippen LogP contribution in [0, 0.1) is 20.8 Å². The number of rotatable bonds is 4. The highest BCUT2D eigenvalue weighted by molar-refractivity contribution is 7.03. The lowest BCUT2D eigenvalue weighted by molar-refractivity contribution is 0.456. The molecule has 14 aromatic carbocycles. The second-order valence-corrected chi connectivity index (χ2v) is 27.4. The normalized spacial score (nSPS) is 13.7. The summed E-state index contributed by atoms with van der Waals surface area (Å²) in [4.78, 5) is 2.49. The summed E-state index contributed by atoms with van der Waals surface area (Å²) in [5.74, 6) is 7.44. The number of hydrogen-bond donors (Lipinski definition) is 0. The first-order valence-electron chi connectivity index (χ1n) is 33.8. The summed E-state index contributed by atoms with van der Waals surface area (Å²) in [6.45, 7) is 5.76. The average molecular weight is 1270 g/mol. The minimum Gasteiger partial charge on any atom is -0.458 e. The Labute approximate surface area is 567 Å². The maximum Gasteiger partial charge on any atom is 0.260 e. The molecular weight excluding hydrogens is 1220 g/mol. The van der Waals surface area contributed by atoms with Gasteiger partial charge in [0.2, 0.25) is 0 Å². The zero-order chi connectivity index (χ0) is 64.8. The van der Waals surface area contributed by atoms with E-state index >= 15 is 0 Å². The van der Waals surface area contributed by atoms with Crippen LogP contribution in [0.15, 0.2) is 262 Å². The van der Waals surface area contributed by atoms with Crippen LogP contribution in [0.3, 0.4) is 0 Å². The molecule has 9 heterocycles. The van der Waals surface area contributed by atoms with Crippen molar-refractivity contribution in [3.05, 3.63) is 265 Å². The van der Waals surface area contributed by atoms with E-state index in [1.807, 2.05) is 36.4 Å². The molecule has 23 rings (SSSR count). The highest BCUT2D eigenvalue weighted by Crippen LogP contribution is 2.51. The molecule has 12 heteroatoms. The number of anilines is 3. The van der Waals surface area contributed by atoms with Gasteiger partial charge in [0.15, 0.2) is 0 Å². The van der Waals surface area contributed by atoms with Crippen LogP contribution >= 0.6 is 0 Å². The van der Waals surface area contributed by atoms with Gasteiger partial charge in [0.1, 0.15) is 91.0 Å². The quantitative estimate of drug-likeness (QED) is 0.160. The molecule has 0 unspecified atom stereocenters. The van der Waals surface area contributed by atoms with Gasteiger partial charge in [-0.2, -0.15) is 0 Å². The van der Waals surface area contributed by atoms with E-state index in [0.717, 1.165) is 217 Å². The lowest BCUT2D eigenvalue weighted by atomic mass is 9.30. The Morgan fingerprint density at radius 3 is 1.09 bits per heavy atom. The summed E-state index contributed by atoms with van der Waals surface area (Å²) >= 11 is 0. The molecule has 9 nitrogen and oxygen atoms in total. The van der Waals surface area contributed by atoms with Crippen LogP contribution < -0.4 is 77.7 Å². The van der Waals surface area contributed by atoms with E-state index in [-0.39, 0.29) is 20.1 Å². The molecule has 460 valence electrons. The van der Waals surface area contributed by atoms with Crippen LogP contribution in [0.4, 0.5) is 17.1 Å². The molecule has 3 aromatic heterocycles. The van der Waals surface area contributed by atoms with Gasteiger partial charge in [-0.15, -0.1) is 0 Å². The Bertz CT molecular complexity index is 6550. The third-order valence-corrected chi connectivity index (χ3v) is 21.8. The number of hydrogen-bond acceptors (Lipinski definition) is 9. The van der Waals surface area contributed by atoms with E-state index in [1.54, 1.807) is 0 Å². The van der Waals surface area contributed by atoms with Crippen LogP contribution in [0.25, 0.3) is 99.2 Å². The first-order chi connectivity index (χ1) is 48.8. The SMILES string of the molecule is Cc1cc(C)c(N2c3cc4c(cc3B3c5cc6c(cc5Oc5cc(-c7cccc8c7oc7ccccc78)cc2c53)Oc2cc(-c3cccc5c3oc3ccccc35)cc3c2B6c2ccccc2O3)B2c3ccccc3Oc3cc(-c5cccc6c5oc5ccccc56)cc(c32)O4)c(C)c1. The minimum absolute atomic E-state index is 0.260. The summed E-state index contributed by atoms with van der Waals surface area (Å²) in [5, 5.41) is 6.35. The molecule has 0 fully saturated rings. The highest BCUT2D eigenvalue weighted by atomic mass is 16.5. The molecule has 0 amide bonds. The number of furan rings is 3. The third-order valence-electron chi connectivity index (χ3n) is 21.8. The van der Waals surface area contributed by atoms with Gasteiger partial charge in [0.05, 0.1) is 5.69 Å². The van der Waals surface area contributed by atoms with Gasteiger partial charge in [0, 0.05) is 83.4 Å². The van der Waals surface area contributed by atoms with Crippen LogP contribution in [-0.4, -0.2) is 20.1 Å². The summed E-state index contributed by atoms with van der Waals surface area (Å²) in [5.41, 5.74) is 26.5. The lowest BCUT2D eigenvalue weighted by Gasteiger charge is -2.43. The number of para-hydroxylation sites is 8. The van der Waals surface area contributed by atoms with Gasteiger partial charge in [-0.25, -0.2) is 0 Å². The molecule has 0 bridgehead atoms. The van der Waals surface area contributed by atoms with Crippen molar-refractivity contribution in [1.29, 1.82) is 0 Å². The Kier molecular flexibility index (Phi) is 10.5. The van der Waals surface area contributed by atoms with Crippen molar-refractivity contribution in [2.24, 2.45) is 0 Å². The van der Waals surface area contributed by atoms with Crippen LogP contribution in [0.2, 0.25) is 0 Å². The van der Waals surface area contributed by atoms with E-state index in [2.05, 4.69) is 238 Å². The van der Waals surface area contributed by atoms with E-state index in [1.165, 1.54) is 5.56 Å². The van der Waals surface area contributed by atoms with Crippen molar-refractivity contribution in [3.63, 3.8) is 0 Å². The van der Waals surface area contributed by atoms with Crippen molar-refractivity contribution in [1.82, 2.24) is 0 Å². The standard InChI is InChI=1S/C87H50B3NO8/c1-45-33-46(2)84(47(3)34-45)91-66-43-73-63(88-60-26-7-12-31-71(60)92-77-37-49(39-79(94-73)82(77)88)52-21-15-24-58-55-18-5-10-29-69(55)98-86(52)58)41-62(66)90-65-42-64-74(44-75(65)95-76-36-48(35-67(91)81(76)90)51-20-14-23-57-54-17-4-9-28-68(54)97-85(51)57)96-80-40-50(38-78-83(80)89(64)61-27-8-13-32-72(61)93-78)53-22-16-25-59-56-19-6-11-30-70(56)99-87(53)59/h4-44H,1-3H3. The number of nitrogens with zero attached hydrogens (tertiary/aromatic N) is 1. The third kappa shape index (κ3) is 7.36. The summed E-state index contributed by atoms with van der Waals surface area (Å²) in [7, 11) is 0. The molecular formula is C87H50B3NO8. The molecule has 0 spiro atoms. The van der Waals surface area contributed by atoms with Crippen LogP contribution in [0.1, 0.15) is 16.7 Å². The van der Waals surface area contributed by atoms with Crippen LogP contribution in [-0.2, 0) is 0 Å². The monoisotopic (exact) mass is 1270 g/mol. The molecule has 0 saturated heterocycles. The largest absolute Gasteiger partial charge is 0.458 e. The molecule has 6 aliphatic rings. The molecule has 17 aromatic rings. The Balaban J connectivity index is 0.775. The molecule has 0 aliphatic carbocycles. The van der Waals surface area contributed by atoms with Gasteiger partial charge >= 0.3 is 0 Å². The lowest BCUT2D eigenvalue weighted by Crippen LogP contribution is -2.64. The second-order valence-electron chi connectivity index (χ2n) is 27.4. The number of benzene rings is 14. The summed E-state index contributed by atoms with van der Waals surface area (Å²) in [6.07, 6.45) is 0. The summed E-state index contributed by atoms with van der Waals surface area (Å²) in [6, 6.07) is 88.1. The van der Waals surface area contributed by atoms with Crippen molar-refractivity contribution >= 4 is 152 Å². The smallest absolute Gasteiger partial charge is 0.260 e. The van der Waals surface area contributed by atoms with Gasteiger partial charge in [-0.1, -0.05) is 175 Å². The van der Waals surface area contributed by atoms with Crippen LogP contribution in [0.5, 0.6) is 57.5 Å². The predicted molar refractivity (Wildman–Crippen MR) is 400 cm³/mol. The number of aryl methyl sites for hydroxylation is 3. The predicted octanol–water partition coefficient (Wildman–Crippen LogP) is 17.2.